The standard InChI is InChI=1S/C22H17F4N7O/c1-12-6-19-27-4-2-20(34)33(19)31-21(12)32-5-3-16-13(11-32)7-14(9-28-16)30-17-8-18(22(24,25)26)29-10-15(17)23/h2,4,6-10H,3,5,11H2,1H3,(H,29,30). The lowest BCUT2D eigenvalue weighted by Gasteiger charge is -2.30. The summed E-state index contributed by atoms with van der Waals surface area (Å²) in [5, 5.41) is 7.14. The molecule has 1 aliphatic heterocycles. The minimum atomic E-state index is -4.69. The summed E-state index contributed by atoms with van der Waals surface area (Å²) >= 11 is 0. The van der Waals surface area contributed by atoms with Gasteiger partial charge in [-0.05, 0) is 36.2 Å². The van der Waals surface area contributed by atoms with Crippen molar-refractivity contribution in [2.24, 2.45) is 0 Å². The van der Waals surface area contributed by atoms with Crippen LogP contribution in [-0.2, 0) is 19.1 Å². The van der Waals surface area contributed by atoms with Gasteiger partial charge in [-0.3, -0.25) is 9.78 Å². The van der Waals surface area contributed by atoms with Gasteiger partial charge in [0.2, 0.25) is 0 Å². The first-order valence-electron chi connectivity index (χ1n) is 10.3. The van der Waals surface area contributed by atoms with Crippen LogP contribution in [0.15, 0.2) is 47.7 Å². The molecule has 0 atom stereocenters. The average molecular weight is 471 g/mol. The number of pyridine rings is 2. The second-order valence-corrected chi connectivity index (χ2v) is 7.88. The van der Waals surface area contributed by atoms with Crippen LogP contribution in [0.3, 0.4) is 0 Å². The number of rotatable bonds is 3. The Morgan fingerprint density at radius 3 is 2.71 bits per heavy atom. The van der Waals surface area contributed by atoms with Gasteiger partial charge in [0.25, 0.3) is 5.56 Å². The molecule has 5 heterocycles. The molecule has 0 bridgehead atoms. The largest absolute Gasteiger partial charge is 0.433 e. The van der Waals surface area contributed by atoms with Crippen LogP contribution in [0.4, 0.5) is 34.8 Å². The van der Waals surface area contributed by atoms with Crippen LogP contribution in [0, 0.1) is 12.7 Å². The van der Waals surface area contributed by atoms with E-state index in [1.54, 1.807) is 12.1 Å². The molecule has 0 radical (unpaired) electrons. The molecular weight excluding hydrogens is 454 g/mol. The molecule has 5 rings (SSSR count). The Hall–Kier alpha value is -4.09. The van der Waals surface area contributed by atoms with Gasteiger partial charge in [0.05, 0.1) is 23.8 Å². The second kappa shape index (κ2) is 8.04. The van der Waals surface area contributed by atoms with Crippen molar-refractivity contribution >= 4 is 22.8 Å². The molecule has 0 amide bonds. The Bertz CT molecular complexity index is 1470. The van der Waals surface area contributed by atoms with Gasteiger partial charge < -0.3 is 10.2 Å². The molecule has 0 unspecified atom stereocenters. The molecule has 4 aromatic rings. The molecule has 0 spiro atoms. The van der Waals surface area contributed by atoms with E-state index in [0.29, 0.717) is 48.9 Å². The van der Waals surface area contributed by atoms with E-state index in [1.807, 2.05) is 11.8 Å². The van der Waals surface area contributed by atoms with Crippen LogP contribution in [0.25, 0.3) is 5.65 Å². The first-order chi connectivity index (χ1) is 16.2. The number of alkyl halides is 3. The lowest BCUT2D eigenvalue weighted by atomic mass is 10.0. The maximum Gasteiger partial charge on any atom is 0.433 e. The number of halogens is 4. The molecule has 174 valence electrons. The molecule has 0 aromatic carbocycles. The second-order valence-electron chi connectivity index (χ2n) is 7.88. The number of anilines is 3. The van der Waals surface area contributed by atoms with Crippen molar-refractivity contribution in [2.75, 3.05) is 16.8 Å². The number of aryl methyl sites for hydroxylation is 1. The van der Waals surface area contributed by atoms with Crippen molar-refractivity contribution in [3.05, 3.63) is 81.5 Å². The summed E-state index contributed by atoms with van der Waals surface area (Å²) in [4.78, 5) is 25.8. The first kappa shape index (κ1) is 21.7. The highest BCUT2D eigenvalue weighted by Gasteiger charge is 2.33. The summed E-state index contributed by atoms with van der Waals surface area (Å²) in [7, 11) is 0. The van der Waals surface area contributed by atoms with Crippen molar-refractivity contribution in [1.29, 1.82) is 0 Å². The van der Waals surface area contributed by atoms with Gasteiger partial charge in [-0.2, -0.15) is 17.7 Å². The number of hydrogen-bond donors (Lipinski definition) is 1. The van der Waals surface area contributed by atoms with E-state index in [-0.39, 0.29) is 11.2 Å². The monoisotopic (exact) mass is 471 g/mol. The zero-order valence-corrected chi connectivity index (χ0v) is 17.8. The molecular formula is C22H17F4N7O. The van der Waals surface area contributed by atoms with Gasteiger partial charge in [0.15, 0.2) is 17.3 Å². The Morgan fingerprint density at radius 2 is 1.91 bits per heavy atom. The molecule has 1 N–H and O–H groups in total. The van der Waals surface area contributed by atoms with Crippen molar-refractivity contribution in [3.8, 4) is 0 Å². The van der Waals surface area contributed by atoms with E-state index < -0.39 is 17.7 Å². The van der Waals surface area contributed by atoms with Crippen LogP contribution < -0.4 is 15.8 Å². The molecule has 34 heavy (non-hydrogen) atoms. The summed E-state index contributed by atoms with van der Waals surface area (Å²) in [6, 6.07) is 5.44. The predicted octanol–water partition coefficient (Wildman–Crippen LogP) is 3.65. The average Bonchev–Trinajstić information content (AvgIpc) is 2.79. The van der Waals surface area contributed by atoms with Crippen molar-refractivity contribution < 1.29 is 17.6 Å². The highest BCUT2D eigenvalue weighted by atomic mass is 19.4. The molecule has 12 heteroatoms. The predicted molar refractivity (Wildman–Crippen MR) is 115 cm³/mol. The molecule has 0 saturated heterocycles. The minimum Gasteiger partial charge on any atom is -0.352 e. The first-order valence-corrected chi connectivity index (χ1v) is 10.3. The van der Waals surface area contributed by atoms with E-state index in [1.165, 1.54) is 23.0 Å². The summed E-state index contributed by atoms with van der Waals surface area (Å²) in [6.07, 6.45) is -0.686. The fourth-order valence-electron chi connectivity index (χ4n) is 3.88. The zero-order valence-electron chi connectivity index (χ0n) is 17.8. The third-order valence-corrected chi connectivity index (χ3v) is 5.51. The number of hydrogen-bond acceptors (Lipinski definition) is 7. The van der Waals surface area contributed by atoms with Gasteiger partial charge in [-0.1, -0.05) is 0 Å². The van der Waals surface area contributed by atoms with Crippen LogP contribution in [0.1, 0.15) is 22.5 Å². The molecule has 0 saturated carbocycles. The zero-order chi connectivity index (χ0) is 24.0. The SMILES string of the molecule is Cc1cc2nccc(=O)n2nc1N1CCc2ncc(Nc3cc(C(F)(F)F)ncc3F)cc2C1. The fourth-order valence-corrected chi connectivity index (χ4v) is 3.88. The fraction of sp³-hybridized carbons (Fsp3) is 0.227. The number of nitrogens with one attached hydrogen (secondary N) is 1. The summed E-state index contributed by atoms with van der Waals surface area (Å²) in [5.41, 5.74) is 1.40. The van der Waals surface area contributed by atoms with Crippen LogP contribution in [0.2, 0.25) is 0 Å². The summed E-state index contributed by atoms with van der Waals surface area (Å²) in [6.45, 7) is 2.88. The minimum absolute atomic E-state index is 0.297. The lowest BCUT2D eigenvalue weighted by Crippen LogP contribution is -2.33. The van der Waals surface area contributed by atoms with Crippen molar-refractivity contribution in [3.63, 3.8) is 0 Å². The van der Waals surface area contributed by atoms with E-state index in [2.05, 4.69) is 25.4 Å². The van der Waals surface area contributed by atoms with Crippen LogP contribution >= 0.6 is 0 Å². The number of fused-ring (bicyclic) bond motifs is 2. The Balaban J connectivity index is 1.44. The maximum atomic E-state index is 14.1. The molecule has 0 fully saturated rings. The smallest absolute Gasteiger partial charge is 0.352 e. The highest BCUT2D eigenvalue weighted by Crippen LogP contribution is 2.32. The Morgan fingerprint density at radius 1 is 1.09 bits per heavy atom. The van der Waals surface area contributed by atoms with E-state index in [4.69, 9.17) is 0 Å². The van der Waals surface area contributed by atoms with Crippen molar-refractivity contribution in [2.45, 2.75) is 26.1 Å². The van der Waals surface area contributed by atoms with Gasteiger partial charge in [0, 0.05) is 37.5 Å². The number of nitrogens with zero attached hydrogens (tertiary/aromatic N) is 6. The van der Waals surface area contributed by atoms with Gasteiger partial charge in [-0.15, -0.1) is 5.10 Å². The Labute approximate surface area is 189 Å². The topological polar surface area (TPSA) is 88.3 Å². The third kappa shape index (κ3) is 4.02. The quantitative estimate of drug-likeness (QED) is 0.457. The normalized spacial score (nSPS) is 13.7. The molecule has 8 nitrogen and oxygen atoms in total. The summed E-state index contributed by atoms with van der Waals surface area (Å²) in [5.74, 6) is -0.302. The van der Waals surface area contributed by atoms with Crippen LogP contribution in [-0.4, -0.2) is 31.1 Å². The Kier molecular flexibility index (Phi) is 5.14. The molecule has 0 aliphatic carbocycles. The molecule has 4 aromatic heterocycles. The van der Waals surface area contributed by atoms with E-state index >= 15 is 0 Å². The number of aromatic nitrogens is 5. The lowest BCUT2D eigenvalue weighted by molar-refractivity contribution is -0.141. The van der Waals surface area contributed by atoms with Crippen LogP contribution in [0.5, 0.6) is 0 Å². The van der Waals surface area contributed by atoms with Gasteiger partial charge >= 0.3 is 6.18 Å². The highest BCUT2D eigenvalue weighted by molar-refractivity contribution is 5.61. The van der Waals surface area contributed by atoms with Crippen molar-refractivity contribution in [1.82, 2.24) is 24.6 Å². The van der Waals surface area contributed by atoms with E-state index in [0.717, 1.165) is 16.8 Å². The molecule has 1 aliphatic rings. The van der Waals surface area contributed by atoms with Gasteiger partial charge in [-0.25, -0.2) is 14.4 Å². The van der Waals surface area contributed by atoms with E-state index in [9.17, 15) is 22.4 Å². The third-order valence-electron chi connectivity index (χ3n) is 5.51. The maximum absolute atomic E-state index is 14.1. The van der Waals surface area contributed by atoms with Gasteiger partial charge in [0.1, 0.15) is 5.69 Å². The summed E-state index contributed by atoms with van der Waals surface area (Å²) < 4.78 is 54.2.